The number of para-hydroxylation sites is 1. The fourth-order valence-corrected chi connectivity index (χ4v) is 3.37. The molecule has 0 atom stereocenters. The number of nitrogens with zero attached hydrogens (tertiary/aromatic N) is 3. The van der Waals surface area contributed by atoms with Crippen molar-refractivity contribution in [1.29, 1.82) is 0 Å². The Hall–Kier alpha value is -1.59. The van der Waals surface area contributed by atoms with Gasteiger partial charge in [0, 0.05) is 28.8 Å². The van der Waals surface area contributed by atoms with Gasteiger partial charge in [0.05, 0.1) is 16.9 Å². The predicted molar refractivity (Wildman–Crippen MR) is 80.7 cm³/mol. The molecule has 0 radical (unpaired) electrons. The van der Waals surface area contributed by atoms with Crippen molar-refractivity contribution in [2.45, 2.75) is 11.5 Å². The van der Waals surface area contributed by atoms with Crippen LogP contribution < -0.4 is 0 Å². The molecule has 0 unspecified atom stereocenters. The van der Waals surface area contributed by atoms with Gasteiger partial charge in [0.25, 0.3) is 0 Å². The van der Waals surface area contributed by atoms with E-state index in [1.165, 1.54) is 4.88 Å². The highest BCUT2D eigenvalue weighted by molar-refractivity contribution is 7.97. The lowest BCUT2D eigenvalue weighted by Crippen LogP contribution is -1.95. The standard InChI is InChI=1S/C14H13N3S2/c1-2-4-13(5-3-1)17-7-6-12(16-17)9-18-10-14-8-15-11-19-14/h1-8,11H,9-10H2. The molecule has 0 bridgehead atoms. The van der Waals surface area contributed by atoms with Gasteiger partial charge in [0.2, 0.25) is 0 Å². The lowest BCUT2D eigenvalue weighted by Gasteiger charge is -2.00. The summed E-state index contributed by atoms with van der Waals surface area (Å²) < 4.78 is 1.92. The molecule has 0 aliphatic heterocycles. The summed E-state index contributed by atoms with van der Waals surface area (Å²) in [5, 5.41) is 4.58. The van der Waals surface area contributed by atoms with Crippen molar-refractivity contribution in [2.24, 2.45) is 0 Å². The van der Waals surface area contributed by atoms with Gasteiger partial charge in [-0.25, -0.2) is 4.68 Å². The van der Waals surface area contributed by atoms with Gasteiger partial charge < -0.3 is 0 Å². The first-order valence-electron chi connectivity index (χ1n) is 5.97. The van der Waals surface area contributed by atoms with Crippen LogP contribution in [-0.2, 0) is 11.5 Å². The van der Waals surface area contributed by atoms with Crippen molar-refractivity contribution in [3.8, 4) is 5.69 Å². The zero-order valence-electron chi connectivity index (χ0n) is 10.3. The number of thiazole rings is 1. The summed E-state index contributed by atoms with van der Waals surface area (Å²) >= 11 is 3.57. The Balaban J connectivity index is 1.59. The Morgan fingerprint density at radius 3 is 2.79 bits per heavy atom. The Kier molecular flexibility index (Phi) is 3.95. The largest absolute Gasteiger partial charge is 0.253 e. The van der Waals surface area contributed by atoms with Gasteiger partial charge in [0.15, 0.2) is 0 Å². The average Bonchev–Trinajstić information content (AvgIpc) is 3.11. The molecule has 3 rings (SSSR count). The molecular weight excluding hydrogens is 274 g/mol. The van der Waals surface area contributed by atoms with Crippen LogP contribution in [0.5, 0.6) is 0 Å². The summed E-state index contributed by atoms with van der Waals surface area (Å²) in [6.45, 7) is 0. The fourth-order valence-electron chi connectivity index (χ4n) is 1.73. The van der Waals surface area contributed by atoms with Crippen LogP contribution in [0.4, 0.5) is 0 Å². The Bertz CT molecular complexity index is 617. The maximum absolute atomic E-state index is 4.58. The minimum atomic E-state index is 0.928. The van der Waals surface area contributed by atoms with E-state index < -0.39 is 0 Å². The molecule has 2 aromatic heterocycles. The number of thioether (sulfide) groups is 1. The molecule has 0 N–H and O–H groups in total. The zero-order valence-corrected chi connectivity index (χ0v) is 11.9. The van der Waals surface area contributed by atoms with Crippen molar-refractivity contribution in [2.75, 3.05) is 0 Å². The third-order valence-corrected chi connectivity index (χ3v) is 4.62. The SMILES string of the molecule is c1ccc(-n2ccc(CSCc3cncs3)n2)cc1. The van der Waals surface area contributed by atoms with E-state index in [9.17, 15) is 0 Å². The first kappa shape index (κ1) is 12.4. The Labute approximate surface area is 120 Å². The Morgan fingerprint density at radius 1 is 1.11 bits per heavy atom. The van der Waals surface area contributed by atoms with Crippen LogP contribution in [0.1, 0.15) is 10.6 Å². The second-order valence-corrected chi connectivity index (χ2v) is 6.00. The molecule has 19 heavy (non-hydrogen) atoms. The molecule has 0 saturated heterocycles. The highest BCUT2D eigenvalue weighted by Gasteiger charge is 2.02. The van der Waals surface area contributed by atoms with E-state index in [0.29, 0.717) is 0 Å². The lowest BCUT2D eigenvalue weighted by molar-refractivity contribution is 0.859. The molecule has 5 heteroatoms. The maximum atomic E-state index is 4.58. The zero-order chi connectivity index (χ0) is 12.9. The highest BCUT2D eigenvalue weighted by atomic mass is 32.2. The summed E-state index contributed by atoms with van der Waals surface area (Å²) in [6, 6.07) is 12.2. The van der Waals surface area contributed by atoms with Crippen LogP contribution in [0, 0.1) is 0 Å². The molecule has 2 heterocycles. The number of hydrogen-bond acceptors (Lipinski definition) is 4. The molecule has 0 amide bonds. The van der Waals surface area contributed by atoms with Crippen molar-refractivity contribution >= 4 is 23.1 Å². The van der Waals surface area contributed by atoms with Gasteiger partial charge in [-0.3, -0.25) is 4.98 Å². The molecule has 0 aliphatic carbocycles. The summed E-state index contributed by atoms with van der Waals surface area (Å²) in [6.07, 6.45) is 3.94. The lowest BCUT2D eigenvalue weighted by atomic mass is 10.3. The fraction of sp³-hybridized carbons (Fsp3) is 0.143. The predicted octanol–water partition coefficient (Wildman–Crippen LogP) is 3.76. The molecule has 3 aromatic rings. The van der Waals surface area contributed by atoms with Crippen molar-refractivity contribution in [3.05, 3.63) is 64.9 Å². The molecule has 0 aliphatic rings. The number of rotatable bonds is 5. The molecular formula is C14H13N3S2. The average molecular weight is 287 g/mol. The van der Waals surface area contributed by atoms with Crippen LogP contribution in [0.25, 0.3) is 5.69 Å². The van der Waals surface area contributed by atoms with E-state index in [-0.39, 0.29) is 0 Å². The molecule has 0 fully saturated rings. The monoisotopic (exact) mass is 287 g/mol. The van der Waals surface area contributed by atoms with Crippen LogP contribution in [-0.4, -0.2) is 14.8 Å². The van der Waals surface area contributed by atoms with Crippen molar-refractivity contribution in [3.63, 3.8) is 0 Å². The number of aromatic nitrogens is 3. The minimum Gasteiger partial charge on any atom is -0.253 e. The van der Waals surface area contributed by atoms with E-state index in [4.69, 9.17) is 0 Å². The second kappa shape index (κ2) is 6.04. The molecule has 3 nitrogen and oxygen atoms in total. The van der Waals surface area contributed by atoms with E-state index in [1.807, 2.05) is 52.5 Å². The topological polar surface area (TPSA) is 30.7 Å². The van der Waals surface area contributed by atoms with Gasteiger partial charge in [0.1, 0.15) is 0 Å². The van der Waals surface area contributed by atoms with Crippen LogP contribution >= 0.6 is 23.1 Å². The van der Waals surface area contributed by atoms with Gasteiger partial charge >= 0.3 is 0 Å². The van der Waals surface area contributed by atoms with Crippen molar-refractivity contribution in [1.82, 2.24) is 14.8 Å². The van der Waals surface area contributed by atoms with Crippen LogP contribution in [0.15, 0.2) is 54.3 Å². The third-order valence-electron chi connectivity index (χ3n) is 2.64. The van der Waals surface area contributed by atoms with Crippen molar-refractivity contribution < 1.29 is 0 Å². The summed E-state index contributed by atoms with van der Waals surface area (Å²) in [5.41, 5.74) is 4.08. The van der Waals surface area contributed by atoms with Crippen LogP contribution in [0.3, 0.4) is 0 Å². The summed E-state index contributed by atoms with van der Waals surface area (Å²) in [4.78, 5) is 5.39. The quantitative estimate of drug-likeness (QED) is 0.716. The molecule has 1 aromatic carbocycles. The smallest absolute Gasteiger partial charge is 0.0794 e. The highest BCUT2D eigenvalue weighted by Crippen LogP contribution is 2.19. The van der Waals surface area contributed by atoms with E-state index >= 15 is 0 Å². The molecule has 96 valence electrons. The minimum absolute atomic E-state index is 0.928. The third kappa shape index (κ3) is 3.24. The first-order valence-corrected chi connectivity index (χ1v) is 8.00. The van der Waals surface area contributed by atoms with Crippen LogP contribution in [0.2, 0.25) is 0 Å². The molecule has 0 saturated carbocycles. The second-order valence-electron chi connectivity index (χ2n) is 4.05. The van der Waals surface area contributed by atoms with E-state index in [0.717, 1.165) is 22.9 Å². The molecule has 0 spiro atoms. The first-order chi connectivity index (χ1) is 9.42. The Morgan fingerprint density at radius 2 is 2.00 bits per heavy atom. The normalized spacial score (nSPS) is 10.7. The summed E-state index contributed by atoms with van der Waals surface area (Å²) in [5.74, 6) is 1.93. The van der Waals surface area contributed by atoms with E-state index in [1.54, 1.807) is 11.3 Å². The van der Waals surface area contributed by atoms with E-state index in [2.05, 4.69) is 28.3 Å². The number of benzene rings is 1. The van der Waals surface area contributed by atoms with Gasteiger partial charge in [-0.1, -0.05) is 18.2 Å². The van der Waals surface area contributed by atoms with Gasteiger partial charge in [-0.05, 0) is 18.2 Å². The summed E-state index contributed by atoms with van der Waals surface area (Å²) in [7, 11) is 0. The number of hydrogen-bond donors (Lipinski definition) is 0. The maximum Gasteiger partial charge on any atom is 0.0794 e. The van der Waals surface area contributed by atoms with Gasteiger partial charge in [-0.15, -0.1) is 23.1 Å². The van der Waals surface area contributed by atoms with Gasteiger partial charge in [-0.2, -0.15) is 5.10 Å².